The molecule has 3 rings (SSSR count). The van der Waals surface area contributed by atoms with Gasteiger partial charge in [0.15, 0.2) is 11.3 Å². The molecule has 226 valence electrons. The average Bonchev–Trinajstić information content (AvgIpc) is 3.23. The van der Waals surface area contributed by atoms with Gasteiger partial charge in [-0.2, -0.15) is 4.72 Å². The number of nitrogens with zero attached hydrogens (tertiary/aromatic N) is 3. The van der Waals surface area contributed by atoms with Crippen molar-refractivity contribution in [3.8, 4) is 17.1 Å². The van der Waals surface area contributed by atoms with Gasteiger partial charge in [-0.3, -0.25) is 9.59 Å². The van der Waals surface area contributed by atoms with Gasteiger partial charge in [-0.15, -0.1) is 5.10 Å². The summed E-state index contributed by atoms with van der Waals surface area (Å²) in [7, 11) is -7.86. The monoisotopic (exact) mass is 611 g/mol. The Kier molecular flexibility index (Phi) is 10.3. The zero-order valence-electron chi connectivity index (χ0n) is 24.1. The topological polar surface area (TPSA) is 179 Å². The van der Waals surface area contributed by atoms with Crippen molar-refractivity contribution in [1.29, 1.82) is 0 Å². The van der Waals surface area contributed by atoms with Crippen LogP contribution in [0.15, 0.2) is 27.9 Å². The third kappa shape index (κ3) is 7.51. The zero-order valence-corrected chi connectivity index (χ0v) is 25.7. The van der Waals surface area contributed by atoms with Crippen molar-refractivity contribution >= 4 is 31.3 Å². The molecule has 1 aromatic carbocycles. The number of H-pyrrole nitrogens is 1. The summed E-state index contributed by atoms with van der Waals surface area (Å²) in [6.07, 6.45) is 2.24. The number of nitrogens with one attached hydrogen (secondary N) is 2. The molecule has 41 heavy (non-hydrogen) atoms. The summed E-state index contributed by atoms with van der Waals surface area (Å²) < 4.78 is 64.7. The van der Waals surface area contributed by atoms with Crippen LogP contribution < -0.4 is 15.0 Å². The van der Waals surface area contributed by atoms with E-state index in [9.17, 15) is 26.4 Å². The van der Waals surface area contributed by atoms with Gasteiger partial charge in [0.25, 0.3) is 5.56 Å². The number of imidazole rings is 1. The number of sulfone groups is 1. The molecule has 13 nitrogen and oxygen atoms in total. The van der Waals surface area contributed by atoms with Crippen molar-refractivity contribution in [2.45, 2.75) is 70.7 Å². The number of carbonyl (C=O) groups excluding carboxylic acids is 1. The van der Waals surface area contributed by atoms with Crippen LogP contribution in [0, 0.1) is 6.92 Å². The maximum atomic E-state index is 13.4. The largest absolute Gasteiger partial charge is 0.493 e. The van der Waals surface area contributed by atoms with Gasteiger partial charge in [-0.05, 0) is 58.2 Å². The number of fused-ring (bicyclic) bond motifs is 1. The molecule has 0 spiro atoms. The number of carbonyl (C=O) groups is 1. The van der Waals surface area contributed by atoms with Gasteiger partial charge < -0.3 is 14.5 Å². The van der Waals surface area contributed by atoms with Crippen LogP contribution in [0.1, 0.15) is 64.4 Å². The van der Waals surface area contributed by atoms with Crippen molar-refractivity contribution in [1.82, 2.24) is 24.3 Å². The lowest BCUT2D eigenvalue weighted by Crippen LogP contribution is -2.42. The predicted molar refractivity (Wildman–Crippen MR) is 153 cm³/mol. The molecule has 3 aromatic rings. The third-order valence-electron chi connectivity index (χ3n) is 6.51. The molecule has 2 aromatic heterocycles. The molecule has 0 amide bonds. The Balaban J connectivity index is 2.14. The van der Waals surface area contributed by atoms with E-state index < -0.39 is 43.2 Å². The van der Waals surface area contributed by atoms with E-state index in [1.807, 2.05) is 13.8 Å². The standard InChI is InChI=1S/C26H37N5O8S2/c1-7-17(8-2)24-27-16(5)22-25(32)28-23(29-31(22)24)19-15-18(11-12-21(19)38-9-3)41(36,37)30-20(26(33)39-10-4)13-14-40(6,34)35/h11-12,15,17,20,30H,7-10,13-14H2,1-6H3,(H,28,29,32). The summed E-state index contributed by atoms with van der Waals surface area (Å²) in [6.45, 7) is 9.32. The fraction of sp³-hybridized carbons (Fsp3) is 0.538. The van der Waals surface area contributed by atoms with Crippen molar-refractivity contribution in [3.05, 3.63) is 40.1 Å². The van der Waals surface area contributed by atoms with Crippen molar-refractivity contribution in [2.24, 2.45) is 0 Å². The van der Waals surface area contributed by atoms with Gasteiger partial charge in [-0.25, -0.2) is 26.3 Å². The van der Waals surface area contributed by atoms with Crippen LogP contribution in [0.4, 0.5) is 0 Å². The summed E-state index contributed by atoms with van der Waals surface area (Å²) in [6, 6.07) is 2.55. The maximum Gasteiger partial charge on any atom is 0.324 e. The number of hydrogen-bond donors (Lipinski definition) is 2. The highest BCUT2D eigenvalue weighted by molar-refractivity contribution is 7.90. The number of benzene rings is 1. The number of esters is 1. The van der Waals surface area contributed by atoms with Crippen LogP contribution in [0.2, 0.25) is 0 Å². The minimum atomic E-state index is -4.37. The highest BCUT2D eigenvalue weighted by Gasteiger charge is 2.29. The highest BCUT2D eigenvalue weighted by atomic mass is 32.2. The molecule has 0 bridgehead atoms. The van der Waals surface area contributed by atoms with E-state index >= 15 is 0 Å². The first-order chi connectivity index (χ1) is 19.3. The van der Waals surface area contributed by atoms with Gasteiger partial charge in [0, 0.05) is 12.2 Å². The first-order valence-corrected chi connectivity index (χ1v) is 16.9. The van der Waals surface area contributed by atoms with Crippen molar-refractivity contribution < 1.29 is 31.1 Å². The smallest absolute Gasteiger partial charge is 0.324 e. The lowest BCUT2D eigenvalue weighted by molar-refractivity contribution is -0.145. The molecule has 0 saturated heterocycles. The Morgan fingerprint density at radius 3 is 2.37 bits per heavy atom. The second-order valence-corrected chi connectivity index (χ2v) is 13.5. The van der Waals surface area contributed by atoms with Gasteiger partial charge in [0.1, 0.15) is 27.5 Å². The lowest BCUT2D eigenvalue weighted by Gasteiger charge is -2.18. The first-order valence-electron chi connectivity index (χ1n) is 13.4. The van der Waals surface area contributed by atoms with Crippen LogP contribution in [0.25, 0.3) is 16.9 Å². The molecule has 15 heteroatoms. The third-order valence-corrected chi connectivity index (χ3v) is 8.96. The Hall–Kier alpha value is -3.30. The molecule has 0 aliphatic rings. The van der Waals surface area contributed by atoms with Gasteiger partial charge in [0.2, 0.25) is 10.0 Å². The Morgan fingerprint density at radius 2 is 1.78 bits per heavy atom. The highest BCUT2D eigenvalue weighted by Crippen LogP contribution is 2.31. The van der Waals surface area contributed by atoms with Gasteiger partial charge in [0.05, 0.1) is 35.1 Å². The van der Waals surface area contributed by atoms with Crippen LogP contribution in [0.3, 0.4) is 0 Å². The number of aromatic nitrogens is 4. The fourth-order valence-corrected chi connectivity index (χ4v) is 6.34. The van der Waals surface area contributed by atoms with E-state index in [0.717, 1.165) is 19.1 Å². The number of aryl methyl sites for hydroxylation is 1. The van der Waals surface area contributed by atoms with Crippen LogP contribution >= 0.6 is 0 Å². The van der Waals surface area contributed by atoms with Gasteiger partial charge >= 0.3 is 5.97 Å². The minimum Gasteiger partial charge on any atom is -0.493 e. The fourth-order valence-electron chi connectivity index (χ4n) is 4.43. The van der Waals surface area contributed by atoms with Crippen molar-refractivity contribution in [2.75, 3.05) is 25.2 Å². The minimum absolute atomic E-state index is 0.0166. The summed E-state index contributed by atoms with van der Waals surface area (Å²) in [5.41, 5.74) is 0.563. The Bertz CT molecular complexity index is 1680. The molecule has 0 saturated carbocycles. The van der Waals surface area contributed by atoms with E-state index in [1.54, 1.807) is 20.8 Å². The average molecular weight is 612 g/mol. The Morgan fingerprint density at radius 1 is 1.10 bits per heavy atom. The van der Waals surface area contributed by atoms with E-state index in [-0.39, 0.29) is 47.6 Å². The lowest BCUT2D eigenvalue weighted by atomic mass is 10.0. The molecule has 0 aliphatic heterocycles. The molecule has 0 fully saturated rings. The summed E-state index contributed by atoms with van der Waals surface area (Å²) in [4.78, 5) is 32.7. The second-order valence-electron chi connectivity index (χ2n) is 9.57. The quantitative estimate of drug-likeness (QED) is 0.257. The second kappa shape index (κ2) is 13.1. The SMILES string of the molecule is CCOC(=O)C(CCS(C)(=O)=O)NS(=O)(=O)c1ccc(OCC)c(-c2nn3c(C(CC)CC)nc(C)c3c(=O)[nH]2)c1. The molecule has 2 heterocycles. The molecule has 1 atom stereocenters. The first kappa shape index (κ1) is 32.2. The number of hydrogen-bond acceptors (Lipinski definition) is 10. The number of ether oxygens (including phenoxy) is 2. The predicted octanol–water partition coefficient (Wildman–Crippen LogP) is 2.34. The number of sulfonamides is 1. The molecule has 0 radical (unpaired) electrons. The summed E-state index contributed by atoms with van der Waals surface area (Å²) in [5.74, 6) is -0.317. The Labute approximate surface area is 239 Å². The van der Waals surface area contributed by atoms with E-state index in [0.29, 0.717) is 17.0 Å². The number of rotatable bonds is 14. The van der Waals surface area contributed by atoms with Crippen LogP contribution in [-0.4, -0.2) is 73.7 Å². The molecule has 2 N–H and O–H groups in total. The molecular weight excluding hydrogens is 574 g/mol. The summed E-state index contributed by atoms with van der Waals surface area (Å²) >= 11 is 0. The molecular formula is C26H37N5O8S2. The normalized spacial score (nSPS) is 13.0. The summed E-state index contributed by atoms with van der Waals surface area (Å²) in [5, 5.41) is 4.64. The van der Waals surface area contributed by atoms with E-state index in [4.69, 9.17) is 9.47 Å². The van der Waals surface area contributed by atoms with Crippen molar-refractivity contribution in [3.63, 3.8) is 0 Å². The van der Waals surface area contributed by atoms with Gasteiger partial charge in [-0.1, -0.05) is 13.8 Å². The van der Waals surface area contributed by atoms with E-state index in [1.165, 1.54) is 22.7 Å². The maximum absolute atomic E-state index is 13.4. The molecule has 0 aliphatic carbocycles. The van der Waals surface area contributed by atoms with Crippen LogP contribution in [0.5, 0.6) is 5.75 Å². The molecule has 1 unspecified atom stereocenters. The van der Waals surface area contributed by atoms with Crippen LogP contribution in [-0.2, 0) is 29.4 Å². The van der Waals surface area contributed by atoms with E-state index in [2.05, 4.69) is 19.8 Å². The number of aromatic amines is 1. The zero-order chi connectivity index (χ0) is 30.5.